The highest BCUT2D eigenvalue weighted by atomic mass is 79.9. The summed E-state index contributed by atoms with van der Waals surface area (Å²) in [6.45, 7) is 6.62. The van der Waals surface area contributed by atoms with E-state index < -0.39 is 0 Å². The van der Waals surface area contributed by atoms with Crippen molar-refractivity contribution in [1.82, 2.24) is 10.2 Å². The van der Waals surface area contributed by atoms with Gasteiger partial charge in [-0.3, -0.25) is 19.3 Å². The third-order valence-corrected chi connectivity index (χ3v) is 8.24. The SMILES string of the molecule is CC(C)(C)c1ccc(C(=O)NCCN2C(=O)c3cccc4c(Sc5ccc(Br)cc5)ccc(c34)C2=O)cc1. The average Bonchev–Trinajstić information content (AvgIpc) is 2.90. The van der Waals surface area contributed by atoms with Gasteiger partial charge >= 0.3 is 0 Å². The molecule has 0 radical (unpaired) electrons. The van der Waals surface area contributed by atoms with E-state index in [0.717, 1.165) is 25.2 Å². The van der Waals surface area contributed by atoms with Crippen molar-refractivity contribution in [2.45, 2.75) is 36.0 Å². The van der Waals surface area contributed by atoms with E-state index in [0.29, 0.717) is 22.1 Å². The quantitative estimate of drug-likeness (QED) is 0.245. The summed E-state index contributed by atoms with van der Waals surface area (Å²) >= 11 is 5.05. The molecular formula is C31H27BrN2O3S. The molecule has 4 aromatic carbocycles. The van der Waals surface area contributed by atoms with Gasteiger partial charge < -0.3 is 5.32 Å². The molecule has 4 aromatic rings. The topological polar surface area (TPSA) is 66.5 Å². The molecule has 5 rings (SSSR count). The van der Waals surface area contributed by atoms with Crippen LogP contribution in [-0.2, 0) is 5.41 Å². The smallest absolute Gasteiger partial charge is 0.261 e. The molecule has 38 heavy (non-hydrogen) atoms. The number of carbonyl (C=O) groups excluding carboxylic acids is 3. The largest absolute Gasteiger partial charge is 0.350 e. The molecule has 0 spiro atoms. The number of rotatable bonds is 6. The summed E-state index contributed by atoms with van der Waals surface area (Å²) in [5.74, 6) is -0.926. The average molecular weight is 588 g/mol. The summed E-state index contributed by atoms with van der Waals surface area (Å²) in [7, 11) is 0. The maximum absolute atomic E-state index is 13.4. The summed E-state index contributed by atoms with van der Waals surface area (Å²) in [5, 5.41) is 4.40. The van der Waals surface area contributed by atoms with Gasteiger partial charge in [-0.2, -0.15) is 0 Å². The van der Waals surface area contributed by atoms with Crippen molar-refractivity contribution in [3.63, 3.8) is 0 Å². The molecule has 192 valence electrons. The molecule has 7 heteroatoms. The number of benzene rings is 4. The predicted molar refractivity (Wildman–Crippen MR) is 155 cm³/mol. The van der Waals surface area contributed by atoms with Crippen LogP contribution in [0.15, 0.2) is 93.1 Å². The Balaban J connectivity index is 1.32. The Morgan fingerprint density at radius 3 is 2.18 bits per heavy atom. The Bertz CT molecular complexity index is 1540. The highest BCUT2D eigenvalue weighted by Crippen LogP contribution is 2.39. The van der Waals surface area contributed by atoms with E-state index in [1.807, 2.05) is 54.6 Å². The van der Waals surface area contributed by atoms with E-state index in [1.165, 1.54) is 4.90 Å². The highest BCUT2D eigenvalue weighted by molar-refractivity contribution is 9.10. The molecule has 0 bridgehead atoms. The molecule has 0 saturated heterocycles. The molecular weight excluding hydrogens is 560 g/mol. The number of hydrogen-bond donors (Lipinski definition) is 1. The van der Waals surface area contributed by atoms with Crippen LogP contribution in [0.2, 0.25) is 0 Å². The molecule has 0 fully saturated rings. The highest BCUT2D eigenvalue weighted by Gasteiger charge is 2.33. The molecule has 0 aliphatic carbocycles. The first kappa shape index (κ1) is 26.2. The first-order valence-corrected chi connectivity index (χ1v) is 14.0. The summed E-state index contributed by atoms with van der Waals surface area (Å²) in [5.41, 5.74) is 2.69. The maximum Gasteiger partial charge on any atom is 0.261 e. The number of amides is 3. The monoisotopic (exact) mass is 586 g/mol. The zero-order chi connectivity index (χ0) is 27.0. The van der Waals surface area contributed by atoms with Crippen LogP contribution in [0.5, 0.6) is 0 Å². The number of hydrogen-bond acceptors (Lipinski definition) is 4. The summed E-state index contributed by atoms with van der Waals surface area (Å²) in [4.78, 5) is 42.7. The fraction of sp³-hybridized carbons (Fsp3) is 0.194. The molecule has 3 amide bonds. The second kappa shape index (κ2) is 10.4. The number of nitrogens with one attached hydrogen (secondary N) is 1. The summed E-state index contributed by atoms with van der Waals surface area (Å²) in [6, 6.07) is 24.8. The first-order chi connectivity index (χ1) is 18.1. The standard InChI is InChI=1S/C31H27BrN2O3S/c1-31(2,3)20-9-7-19(8-10-20)28(35)33-17-18-34-29(36)24-6-4-5-23-26(16-15-25(27(23)24)30(34)37)38-22-13-11-21(32)12-14-22/h4-16H,17-18H2,1-3H3,(H,33,35). The van der Waals surface area contributed by atoms with Crippen LogP contribution in [0.3, 0.4) is 0 Å². The van der Waals surface area contributed by atoms with Crippen LogP contribution < -0.4 is 5.32 Å². The maximum atomic E-state index is 13.4. The van der Waals surface area contributed by atoms with Crippen molar-refractivity contribution in [3.05, 3.63) is 106 Å². The minimum Gasteiger partial charge on any atom is -0.350 e. The van der Waals surface area contributed by atoms with Crippen molar-refractivity contribution in [2.24, 2.45) is 0 Å². The lowest BCUT2D eigenvalue weighted by atomic mass is 9.87. The number of nitrogens with zero attached hydrogens (tertiary/aromatic N) is 1. The fourth-order valence-corrected chi connectivity index (χ4v) is 5.75. The molecule has 1 N–H and O–H groups in total. The van der Waals surface area contributed by atoms with Crippen LogP contribution >= 0.6 is 27.7 Å². The number of imide groups is 1. The van der Waals surface area contributed by atoms with Crippen LogP contribution in [0.25, 0.3) is 10.8 Å². The van der Waals surface area contributed by atoms with E-state index in [2.05, 4.69) is 42.0 Å². The third-order valence-electron chi connectivity index (χ3n) is 6.63. The third kappa shape index (κ3) is 5.13. The molecule has 0 saturated carbocycles. The van der Waals surface area contributed by atoms with Crippen molar-refractivity contribution < 1.29 is 14.4 Å². The number of carbonyl (C=O) groups is 3. The van der Waals surface area contributed by atoms with E-state index in [-0.39, 0.29) is 36.2 Å². The Morgan fingerprint density at radius 1 is 0.868 bits per heavy atom. The molecule has 1 aliphatic rings. The van der Waals surface area contributed by atoms with E-state index in [4.69, 9.17) is 0 Å². The van der Waals surface area contributed by atoms with E-state index in [1.54, 1.807) is 36.0 Å². The van der Waals surface area contributed by atoms with Crippen molar-refractivity contribution in [1.29, 1.82) is 0 Å². The van der Waals surface area contributed by atoms with Crippen LogP contribution in [0.4, 0.5) is 0 Å². The van der Waals surface area contributed by atoms with E-state index >= 15 is 0 Å². The molecule has 1 aliphatic heterocycles. The Morgan fingerprint density at radius 2 is 1.53 bits per heavy atom. The van der Waals surface area contributed by atoms with Crippen LogP contribution in [-0.4, -0.2) is 35.7 Å². The summed E-state index contributed by atoms with van der Waals surface area (Å²) in [6.07, 6.45) is 0. The molecule has 0 aromatic heterocycles. The minimum atomic E-state index is -0.345. The van der Waals surface area contributed by atoms with Gasteiger partial charge in [0.2, 0.25) is 0 Å². The zero-order valence-electron chi connectivity index (χ0n) is 21.4. The Kier molecular flexibility index (Phi) is 7.16. The summed E-state index contributed by atoms with van der Waals surface area (Å²) < 4.78 is 1.00. The Labute approximate surface area is 234 Å². The van der Waals surface area contributed by atoms with Gasteiger partial charge in [-0.05, 0) is 71.0 Å². The van der Waals surface area contributed by atoms with Gasteiger partial charge in [-0.15, -0.1) is 0 Å². The molecule has 0 atom stereocenters. The normalized spacial score (nSPS) is 13.2. The fourth-order valence-electron chi connectivity index (χ4n) is 4.55. The van der Waals surface area contributed by atoms with Crippen LogP contribution in [0, 0.1) is 0 Å². The van der Waals surface area contributed by atoms with Gasteiger partial charge in [0.1, 0.15) is 0 Å². The molecule has 5 nitrogen and oxygen atoms in total. The molecule has 1 heterocycles. The van der Waals surface area contributed by atoms with Crippen molar-refractivity contribution in [2.75, 3.05) is 13.1 Å². The van der Waals surface area contributed by atoms with E-state index in [9.17, 15) is 14.4 Å². The second-order valence-electron chi connectivity index (χ2n) is 10.2. The lowest BCUT2D eigenvalue weighted by Gasteiger charge is -2.27. The molecule has 0 unspecified atom stereocenters. The zero-order valence-corrected chi connectivity index (χ0v) is 23.8. The Hall–Kier alpha value is -3.42. The lowest BCUT2D eigenvalue weighted by Crippen LogP contribution is -2.44. The second-order valence-corrected chi connectivity index (χ2v) is 12.3. The van der Waals surface area contributed by atoms with Gasteiger partial charge in [-0.1, -0.05) is 72.7 Å². The van der Waals surface area contributed by atoms with Gasteiger partial charge in [0, 0.05) is 49.4 Å². The van der Waals surface area contributed by atoms with Crippen molar-refractivity contribution >= 4 is 56.2 Å². The van der Waals surface area contributed by atoms with Gasteiger partial charge in [0.15, 0.2) is 0 Å². The predicted octanol–water partition coefficient (Wildman–Crippen LogP) is 7.08. The first-order valence-electron chi connectivity index (χ1n) is 12.4. The number of halogens is 1. The van der Waals surface area contributed by atoms with Gasteiger partial charge in [0.05, 0.1) is 0 Å². The minimum absolute atomic E-state index is 0.00154. The van der Waals surface area contributed by atoms with Crippen LogP contribution in [0.1, 0.15) is 57.4 Å². The van der Waals surface area contributed by atoms with Gasteiger partial charge in [0.25, 0.3) is 17.7 Å². The van der Waals surface area contributed by atoms with Gasteiger partial charge in [-0.25, -0.2) is 0 Å². The van der Waals surface area contributed by atoms with Crippen molar-refractivity contribution in [3.8, 4) is 0 Å². The lowest BCUT2D eigenvalue weighted by molar-refractivity contribution is 0.0607.